The molecule has 0 atom stereocenters. The van der Waals surface area contributed by atoms with Crippen molar-refractivity contribution >= 4 is 43.3 Å². The molecular formula is C23H22N2O6S2. The van der Waals surface area contributed by atoms with Gasteiger partial charge >= 0.3 is 5.97 Å². The number of terminal acetylenes is 1. The molecule has 0 spiro atoms. The van der Waals surface area contributed by atoms with Crippen LogP contribution < -0.4 is 9.54 Å². The Morgan fingerprint density at radius 3 is 2.55 bits per heavy atom. The van der Waals surface area contributed by atoms with Crippen LogP contribution in [0.25, 0.3) is 10.2 Å². The molecule has 0 fully saturated rings. The summed E-state index contributed by atoms with van der Waals surface area (Å²) in [6, 6.07) is 10.9. The Balaban J connectivity index is 1.86. The summed E-state index contributed by atoms with van der Waals surface area (Å²) in [5, 5.41) is 0. The van der Waals surface area contributed by atoms with E-state index in [2.05, 4.69) is 10.9 Å². The van der Waals surface area contributed by atoms with Crippen molar-refractivity contribution in [2.75, 3.05) is 19.5 Å². The van der Waals surface area contributed by atoms with Gasteiger partial charge in [-0.15, -0.1) is 6.42 Å². The largest absolute Gasteiger partial charge is 0.497 e. The van der Waals surface area contributed by atoms with E-state index in [1.807, 2.05) is 0 Å². The lowest BCUT2D eigenvalue weighted by Crippen LogP contribution is -2.18. The lowest BCUT2D eigenvalue weighted by atomic mass is 10.2. The average Bonchev–Trinajstić information content (AvgIpc) is 3.14. The quantitative estimate of drug-likeness (QED) is 0.358. The Labute approximate surface area is 195 Å². The minimum atomic E-state index is -3.66. The molecule has 8 nitrogen and oxygen atoms in total. The van der Waals surface area contributed by atoms with Crippen LogP contribution in [0.4, 0.5) is 0 Å². The maximum atomic E-state index is 12.5. The van der Waals surface area contributed by atoms with Crippen molar-refractivity contribution in [2.24, 2.45) is 4.99 Å². The van der Waals surface area contributed by atoms with Crippen molar-refractivity contribution in [2.45, 2.75) is 24.8 Å². The molecule has 0 saturated heterocycles. The van der Waals surface area contributed by atoms with Crippen LogP contribution in [0.15, 0.2) is 52.4 Å². The predicted molar refractivity (Wildman–Crippen MR) is 125 cm³/mol. The Hall–Kier alpha value is -3.42. The lowest BCUT2D eigenvalue weighted by molar-refractivity contribution is -0.117. The molecule has 0 aliphatic rings. The van der Waals surface area contributed by atoms with Crippen molar-refractivity contribution in [1.29, 1.82) is 0 Å². The van der Waals surface area contributed by atoms with Crippen LogP contribution in [0, 0.1) is 12.3 Å². The second kappa shape index (κ2) is 10.5. The minimum absolute atomic E-state index is 0.104. The van der Waals surface area contributed by atoms with Crippen LogP contribution in [0.5, 0.6) is 5.75 Å². The van der Waals surface area contributed by atoms with Crippen LogP contribution in [0.1, 0.15) is 23.7 Å². The zero-order valence-corrected chi connectivity index (χ0v) is 19.7. The van der Waals surface area contributed by atoms with Gasteiger partial charge in [-0.05, 0) is 49.4 Å². The molecule has 3 aromatic rings. The number of ether oxygens (including phenoxy) is 2. The summed E-state index contributed by atoms with van der Waals surface area (Å²) in [7, 11) is -2.17. The fourth-order valence-corrected chi connectivity index (χ4v) is 5.34. The van der Waals surface area contributed by atoms with Gasteiger partial charge in [0.2, 0.25) is 5.91 Å². The molecule has 1 aromatic heterocycles. The summed E-state index contributed by atoms with van der Waals surface area (Å²) in [4.78, 5) is 29.0. The molecule has 0 bridgehead atoms. The van der Waals surface area contributed by atoms with Crippen molar-refractivity contribution in [3.05, 3.63) is 52.8 Å². The lowest BCUT2D eigenvalue weighted by Gasteiger charge is -2.04. The first-order valence-corrected chi connectivity index (χ1v) is 12.4. The Morgan fingerprint density at radius 2 is 1.91 bits per heavy atom. The molecule has 0 saturated carbocycles. The van der Waals surface area contributed by atoms with Gasteiger partial charge < -0.3 is 14.0 Å². The Kier molecular flexibility index (Phi) is 7.68. The van der Waals surface area contributed by atoms with E-state index in [4.69, 9.17) is 15.9 Å². The highest BCUT2D eigenvalue weighted by atomic mass is 32.2. The highest BCUT2D eigenvalue weighted by Crippen LogP contribution is 2.20. The van der Waals surface area contributed by atoms with Gasteiger partial charge in [-0.2, -0.15) is 4.99 Å². The fraction of sp³-hybridized carbons (Fsp3) is 0.261. The van der Waals surface area contributed by atoms with Gasteiger partial charge in [0.15, 0.2) is 14.6 Å². The van der Waals surface area contributed by atoms with Gasteiger partial charge in [0.25, 0.3) is 0 Å². The normalized spacial score (nSPS) is 11.8. The number of benzene rings is 2. The maximum absolute atomic E-state index is 12.5. The summed E-state index contributed by atoms with van der Waals surface area (Å²) < 4.78 is 37.5. The minimum Gasteiger partial charge on any atom is -0.497 e. The van der Waals surface area contributed by atoms with Crippen LogP contribution in [0.3, 0.4) is 0 Å². The summed E-state index contributed by atoms with van der Waals surface area (Å²) in [5.41, 5.74) is 1.09. The van der Waals surface area contributed by atoms with Gasteiger partial charge in [0, 0.05) is 6.42 Å². The third kappa shape index (κ3) is 5.69. The molecule has 0 aliphatic heterocycles. The molecule has 0 N–H and O–H groups in total. The van der Waals surface area contributed by atoms with E-state index in [9.17, 15) is 18.0 Å². The zero-order chi connectivity index (χ0) is 24.0. The van der Waals surface area contributed by atoms with E-state index in [1.165, 1.54) is 30.6 Å². The number of aromatic nitrogens is 1. The first-order valence-electron chi connectivity index (χ1n) is 9.97. The second-order valence-corrected chi connectivity index (χ2v) is 9.95. The number of hydrogen-bond acceptors (Lipinski definition) is 7. The smallest absolute Gasteiger partial charge is 0.338 e. The van der Waals surface area contributed by atoms with Crippen LogP contribution in [-0.4, -0.2) is 44.3 Å². The first-order chi connectivity index (χ1) is 15.8. The Morgan fingerprint density at radius 1 is 1.18 bits per heavy atom. The molecule has 172 valence electrons. The van der Waals surface area contributed by atoms with Crippen molar-refractivity contribution in [1.82, 2.24) is 4.57 Å². The number of carbonyl (C=O) groups is 2. The van der Waals surface area contributed by atoms with E-state index >= 15 is 0 Å². The molecule has 2 aromatic carbocycles. The SMILES string of the molecule is C#CCn1c(=NC(=O)CCS(=O)(=O)c2ccc(OC)cc2)sc2cc(C(=O)OCC)ccc21. The van der Waals surface area contributed by atoms with E-state index < -0.39 is 21.7 Å². The number of fused-ring (bicyclic) bond motifs is 1. The van der Waals surface area contributed by atoms with E-state index in [0.29, 0.717) is 26.3 Å². The van der Waals surface area contributed by atoms with Crippen molar-refractivity contribution in [3.63, 3.8) is 0 Å². The van der Waals surface area contributed by atoms with E-state index in [1.54, 1.807) is 41.8 Å². The van der Waals surface area contributed by atoms with Crippen molar-refractivity contribution < 1.29 is 27.5 Å². The predicted octanol–water partition coefficient (Wildman–Crippen LogP) is 2.81. The van der Waals surface area contributed by atoms with Crippen molar-refractivity contribution in [3.8, 4) is 18.1 Å². The number of nitrogens with zero attached hydrogens (tertiary/aromatic N) is 2. The summed E-state index contributed by atoms with van der Waals surface area (Å²) in [6.07, 6.45) is 5.19. The van der Waals surface area contributed by atoms with Crippen LogP contribution in [-0.2, 0) is 25.9 Å². The third-order valence-corrected chi connectivity index (χ3v) is 7.44. The molecule has 1 heterocycles. The third-order valence-electron chi connectivity index (χ3n) is 4.67. The number of rotatable bonds is 8. The van der Waals surface area contributed by atoms with E-state index in [0.717, 1.165) is 0 Å². The number of methoxy groups -OCH3 is 1. The first kappa shape index (κ1) is 24.2. The van der Waals surface area contributed by atoms with Gasteiger partial charge in [-0.1, -0.05) is 17.3 Å². The number of sulfone groups is 1. The molecule has 3 rings (SSSR count). The number of hydrogen-bond donors (Lipinski definition) is 0. The van der Waals surface area contributed by atoms with Gasteiger partial charge in [-0.3, -0.25) is 4.79 Å². The highest BCUT2D eigenvalue weighted by molar-refractivity contribution is 7.91. The number of amides is 1. The molecule has 1 amide bonds. The van der Waals surface area contributed by atoms with Crippen LogP contribution in [0.2, 0.25) is 0 Å². The van der Waals surface area contributed by atoms with Gasteiger partial charge in [0.1, 0.15) is 5.75 Å². The number of carbonyl (C=O) groups excluding carboxylic acids is 2. The molecule has 0 unspecified atom stereocenters. The Bertz CT molecular complexity index is 1390. The number of esters is 1. The fourth-order valence-electron chi connectivity index (χ4n) is 3.03. The zero-order valence-electron chi connectivity index (χ0n) is 18.1. The molecule has 10 heteroatoms. The van der Waals surface area contributed by atoms with Crippen LogP contribution >= 0.6 is 11.3 Å². The summed E-state index contributed by atoms with van der Waals surface area (Å²) in [6.45, 7) is 2.14. The average molecular weight is 487 g/mol. The van der Waals surface area contributed by atoms with Gasteiger partial charge in [-0.25, -0.2) is 13.2 Å². The topological polar surface area (TPSA) is 104 Å². The number of thiazole rings is 1. The standard InChI is InChI=1S/C23H22N2O6S2/c1-4-13-25-19-11-6-16(22(27)31-5-2)15-20(19)32-23(25)24-21(26)12-14-33(28,29)18-9-7-17(30-3)8-10-18/h1,6-11,15H,5,12-14H2,2-3H3. The monoisotopic (exact) mass is 486 g/mol. The maximum Gasteiger partial charge on any atom is 0.338 e. The summed E-state index contributed by atoms with van der Waals surface area (Å²) in [5.74, 6) is 1.64. The van der Waals surface area contributed by atoms with Gasteiger partial charge in [0.05, 0.1) is 46.7 Å². The summed E-state index contributed by atoms with van der Waals surface area (Å²) >= 11 is 1.18. The molecular weight excluding hydrogens is 464 g/mol. The molecule has 0 aliphatic carbocycles. The highest BCUT2D eigenvalue weighted by Gasteiger charge is 2.17. The molecule has 0 radical (unpaired) electrons. The van der Waals surface area contributed by atoms with E-state index in [-0.39, 0.29) is 30.2 Å². The molecule has 33 heavy (non-hydrogen) atoms. The second-order valence-electron chi connectivity index (χ2n) is 6.83.